The van der Waals surface area contributed by atoms with E-state index in [1.807, 2.05) is 0 Å². The number of hydrogen-bond acceptors (Lipinski definition) is 1. The first kappa shape index (κ1) is 18.4. The fraction of sp³-hybridized carbons (Fsp3) is 0.500. The average Bonchev–Trinajstić information content (AvgIpc) is 2.43. The average molecular weight is 276 g/mol. The van der Waals surface area contributed by atoms with Crippen molar-refractivity contribution in [1.29, 1.82) is 0 Å². The van der Waals surface area contributed by atoms with Crippen molar-refractivity contribution in [3.05, 3.63) is 48.6 Å². The number of allylic oxidation sites excluding steroid dienone is 8. The van der Waals surface area contributed by atoms with E-state index >= 15 is 0 Å². The molecule has 0 atom stereocenters. The van der Waals surface area contributed by atoms with Crippen molar-refractivity contribution >= 4 is 5.97 Å². The summed E-state index contributed by atoms with van der Waals surface area (Å²) < 4.78 is 0. The number of hydrogen-bond donors (Lipinski definition) is 1. The van der Waals surface area contributed by atoms with Crippen molar-refractivity contribution in [2.45, 2.75) is 58.3 Å². The lowest BCUT2D eigenvalue weighted by molar-refractivity contribution is -0.137. The third-order valence-corrected chi connectivity index (χ3v) is 2.71. The van der Waals surface area contributed by atoms with Gasteiger partial charge in [-0.15, -0.1) is 0 Å². The van der Waals surface area contributed by atoms with Gasteiger partial charge >= 0.3 is 5.97 Å². The van der Waals surface area contributed by atoms with Crippen LogP contribution < -0.4 is 0 Å². The molecular formula is C18H28O2. The normalized spacial score (nSPS) is 12.4. The van der Waals surface area contributed by atoms with Crippen LogP contribution >= 0.6 is 0 Å². The van der Waals surface area contributed by atoms with E-state index in [4.69, 9.17) is 5.11 Å². The highest BCUT2D eigenvalue weighted by Crippen LogP contribution is 2.00. The summed E-state index contributed by atoms with van der Waals surface area (Å²) in [6.07, 6.45) is 24.5. The zero-order valence-corrected chi connectivity index (χ0v) is 12.6. The Labute approximate surface area is 123 Å². The number of aliphatic carboxylic acids is 1. The zero-order chi connectivity index (χ0) is 14.9. The van der Waals surface area contributed by atoms with Gasteiger partial charge in [0.1, 0.15) is 0 Å². The number of carboxylic acids is 1. The van der Waals surface area contributed by atoms with Crippen LogP contribution in [-0.4, -0.2) is 11.1 Å². The highest BCUT2D eigenvalue weighted by atomic mass is 16.4. The van der Waals surface area contributed by atoms with Gasteiger partial charge in [-0.25, -0.2) is 0 Å². The minimum Gasteiger partial charge on any atom is -0.481 e. The molecule has 0 unspecified atom stereocenters. The van der Waals surface area contributed by atoms with Crippen LogP contribution in [-0.2, 0) is 4.79 Å². The van der Waals surface area contributed by atoms with Crippen molar-refractivity contribution < 1.29 is 9.90 Å². The first-order chi connectivity index (χ1) is 9.77. The number of carboxylic acid groups (broad SMARTS) is 1. The first-order valence-corrected chi connectivity index (χ1v) is 7.59. The van der Waals surface area contributed by atoms with Crippen LogP contribution in [0, 0.1) is 0 Å². The Balaban J connectivity index is 3.37. The Morgan fingerprint density at radius 1 is 0.800 bits per heavy atom. The second-order valence-electron chi connectivity index (χ2n) is 4.63. The van der Waals surface area contributed by atoms with Gasteiger partial charge < -0.3 is 5.11 Å². The number of carbonyl (C=O) groups is 1. The molecule has 1 N–H and O–H groups in total. The molecule has 0 bridgehead atoms. The minimum atomic E-state index is -0.709. The fourth-order valence-corrected chi connectivity index (χ4v) is 1.63. The Hall–Kier alpha value is -1.57. The molecule has 0 fully saturated rings. The van der Waals surface area contributed by atoms with Gasteiger partial charge in [0.2, 0.25) is 0 Å². The summed E-state index contributed by atoms with van der Waals surface area (Å²) in [5, 5.41) is 8.47. The van der Waals surface area contributed by atoms with E-state index in [-0.39, 0.29) is 6.42 Å². The molecule has 112 valence electrons. The highest BCUT2D eigenvalue weighted by molar-refractivity contribution is 5.66. The highest BCUT2D eigenvalue weighted by Gasteiger charge is 1.92. The van der Waals surface area contributed by atoms with Gasteiger partial charge in [0, 0.05) is 6.42 Å². The molecule has 0 radical (unpaired) electrons. The summed E-state index contributed by atoms with van der Waals surface area (Å²) in [6.45, 7) is 2.14. The van der Waals surface area contributed by atoms with Crippen LogP contribution in [0.2, 0.25) is 0 Å². The molecule has 0 amide bonds. The molecule has 0 aliphatic carbocycles. The van der Waals surface area contributed by atoms with E-state index in [1.54, 1.807) is 0 Å². The predicted octanol–water partition coefficient (Wildman–Crippen LogP) is 5.44. The molecule has 0 saturated carbocycles. The monoisotopic (exact) mass is 276 g/mol. The molecule has 0 rings (SSSR count). The Morgan fingerprint density at radius 3 is 1.90 bits per heavy atom. The van der Waals surface area contributed by atoms with Gasteiger partial charge in [0.25, 0.3) is 0 Å². The van der Waals surface area contributed by atoms with Gasteiger partial charge in [0.15, 0.2) is 0 Å². The Morgan fingerprint density at radius 2 is 1.30 bits per heavy atom. The molecule has 2 heteroatoms. The number of rotatable bonds is 12. The molecule has 0 aliphatic rings. The van der Waals surface area contributed by atoms with Crippen LogP contribution in [0.3, 0.4) is 0 Å². The lowest BCUT2D eigenvalue weighted by Crippen LogP contribution is -1.92. The molecule has 20 heavy (non-hydrogen) atoms. The van der Waals surface area contributed by atoms with Crippen LogP contribution in [0.25, 0.3) is 0 Å². The molecule has 0 aliphatic heterocycles. The number of unbranched alkanes of at least 4 members (excludes halogenated alkanes) is 2. The van der Waals surface area contributed by atoms with Crippen LogP contribution in [0.1, 0.15) is 58.3 Å². The third-order valence-electron chi connectivity index (χ3n) is 2.71. The van der Waals surface area contributed by atoms with Crippen molar-refractivity contribution in [2.24, 2.45) is 0 Å². The summed E-state index contributed by atoms with van der Waals surface area (Å²) in [5.74, 6) is -0.709. The van der Waals surface area contributed by atoms with E-state index in [2.05, 4.69) is 55.5 Å². The largest absolute Gasteiger partial charge is 0.481 e. The SMILES string of the molecule is CC/C=C\C/C=C\C/C=C\CC/C=C\CCCC(=O)O. The summed E-state index contributed by atoms with van der Waals surface area (Å²) in [6, 6.07) is 0. The van der Waals surface area contributed by atoms with Gasteiger partial charge in [-0.1, -0.05) is 55.5 Å². The summed E-state index contributed by atoms with van der Waals surface area (Å²) >= 11 is 0. The third kappa shape index (κ3) is 16.4. The lowest BCUT2D eigenvalue weighted by Gasteiger charge is -1.91. The van der Waals surface area contributed by atoms with Gasteiger partial charge in [-0.05, 0) is 44.9 Å². The Bertz CT molecular complexity index is 335. The standard InChI is InChI=1S/C18H28O2/c1-2-3-4-5-6-7-8-9-10-11-12-13-14-15-16-17-18(19)20/h3-4,6-7,9-10,13-14H,2,5,8,11-12,15-17H2,1H3,(H,19,20)/b4-3-,7-6-,10-9-,14-13-. The maximum Gasteiger partial charge on any atom is 0.303 e. The van der Waals surface area contributed by atoms with E-state index in [0.717, 1.165) is 44.9 Å². The van der Waals surface area contributed by atoms with Crippen LogP contribution in [0.5, 0.6) is 0 Å². The molecule has 2 nitrogen and oxygen atoms in total. The second kappa shape index (κ2) is 15.5. The van der Waals surface area contributed by atoms with Crippen LogP contribution in [0.4, 0.5) is 0 Å². The van der Waals surface area contributed by atoms with Gasteiger partial charge in [-0.3, -0.25) is 4.79 Å². The quantitative estimate of drug-likeness (QED) is 0.381. The topological polar surface area (TPSA) is 37.3 Å². The molecule has 0 spiro atoms. The molecule has 0 saturated heterocycles. The zero-order valence-electron chi connectivity index (χ0n) is 12.6. The van der Waals surface area contributed by atoms with E-state index in [9.17, 15) is 4.79 Å². The smallest absolute Gasteiger partial charge is 0.303 e. The molecule has 0 aromatic rings. The van der Waals surface area contributed by atoms with Gasteiger partial charge in [-0.2, -0.15) is 0 Å². The summed E-state index contributed by atoms with van der Waals surface area (Å²) in [5.41, 5.74) is 0. The van der Waals surface area contributed by atoms with Crippen molar-refractivity contribution in [1.82, 2.24) is 0 Å². The van der Waals surface area contributed by atoms with Crippen LogP contribution in [0.15, 0.2) is 48.6 Å². The second-order valence-corrected chi connectivity index (χ2v) is 4.63. The first-order valence-electron chi connectivity index (χ1n) is 7.59. The predicted molar refractivity (Wildman–Crippen MR) is 86.8 cm³/mol. The minimum absolute atomic E-state index is 0.268. The fourth-order valence-electron chi connectivity index (χ4n) is 1.63. The molecular weight excluding hydrogens is 248 g/mol. The molecule has 0 heterocycles. The van der Waals surface area contributed by atoms with Crippen molar-refractivity contribution in [3.8, 4) is 0 Å². The molecule has 0 aromatic carbocycles. The molecule has 0 aromatic heterocycles. The van der Waals surface area contributed by atoms with Gasteiger partial charge in [0.05, 0.1) is 0 Å². The summed E-state index contributed by atoms with van der Waals surface area (Å²) in [7, 11) is 0. The lowest BCUT2D eigenvalue weighted by atomic mass is 10.2. The summed E-state index contributed by atoms with van der Waals surface area (Å²) in [4.78, 5) is 10.3. The Kier molecular flexibility index (Phi) is 14.3. The van der Waals surface area contributed by atoms with Crippen molar-refractivity contribution in [2.75, 3.05) is 0 Å². The van der Waals surface area contributed by atoms with E-state index in [0.29, 0.717) is 0 Å². The van der Waals surface area contributed by atoms with E-state index in [1.165, 1.54) is 0 Å². The maximum atomic E-state index is 10.3. The van der Waals surface area contributed by atoms with Crippen molar-refractivity contribution in [3.63, 3.8) is 0 Å². The maximum absolute atomic E-state index is 10.3. The van der Waals surface area contributed by atoms with E-state index < -0.39 is 5.97 Å².